The molecule has 1 aromatic rings. The molecule has 6 heteroatoms. The highest BCUT2D eigenvalue weighted by molar-refractivity contribution is 5.96. The number of H-pyrrole nitrogens is 1. The van der Waals surface area contributed by atoms with Crippen molar-refractivity contribution < 1.29 is 10.0 Å². The summed E-state index contributed by atoms with van der Waals surface area (Å²) in [6, 6.07) is 1.43. The van der Waals surface area contributed by atoms with E-state index in [0.29, 0.717) is 19.5 Å². The van der Waals surface area contributed by atoms with Crippen LogP contribution in [0.5, 0.6) is 0 Å². The number of rotatable bonds is 2. The Morgan fingerprint density at radius 3 is 2.95 bits per heavy atom. The average Bonchev–Trinajstić information content (AvgIpc) is 2.45. The molecule has 20 heavy (non-hydrogen) atoms. The molecule has 0 aromatic carbocycles. The van der Waals surface area contributed by atoms with Crippen LogP contribution in [0.3, 0.4) is 0 Å². The van der Waals surface area contributed by atoms with Gasteiger partial charge in [-0.2, -0.15) is 0 Å². The molecule has 2 heterocycles. The van der Waals surface area contributed by atoms with E-state index in [2.05, 4.69) is 10.1 Å². The van der Waals surface area contributed by atoms with Gasteiger partial charge in [0, 0.05) is 43.4 Å². The lowest BCUT2D eigenvalue weighted by molar-refractivity contribution is 0.0727. The molecule has 0 radical (unpaired) electrons. The van der Waals surface area contributed by atoms with Gasteiger partial charge in [-0.15, -0.1) is 0 Å². The molecule has 1 fully saturated rings. The van der Waals surface area contributed by atoms with E-state index in [4.69, 9.17) is 5.21 Å². The fourth-order valence-electron chi connectivity index (χ4n) is 2.51. The number of aromatic amines is 1. The number of nitrogens with zero attached hydrogens (tertiary/aromatic N) is 2. The molecule has 0 spiro atoms. The van der Waals surface area contributed by atoms with Crippen LogP contribution in [0.1, 0.15) is 35.8 Å². The van der Waals surface area contributed by atoms with Crippen molar-refractivity contribution >= 4 is 11.6 Å². The van der Waals surface area contributed by atoms with Crippen LogP contribution in [0.15, 0.2) is 22.2 Å². The maximum atomic E-state index is 12.4. The second kappa shape index (κ2) is 5.90. The highest BCUT2D eigenvalue weighted by Gasteiger charge is 2.29. The predicted octanol–water partition coefficient (Wildman–Crippen LogP) is 1.39. The van der Waals surface area contributed by atoms with Crippen molar-refractivity contribution in [2.45, 2.75) is 26.7 Å². The number of carbonyl (C=O) groups is 1. The molecule has 2 rings (SSSR count). The van der Waals surface area contributed by atoms with E-state index in [9.17, 15) is 9.59 Å². The van der Waals surface area contributed by atoms with E-state index < -0.39 is 0 Å². The van der Waals surface area contributed by atoms with Gasteiger partial charge >= 0.3 is 0 Å². The normalized spacial score (nSPS) is 21.2. The predicted molar refractivity (Wildman–Crippen MR) is 75.3 cm³/mol. The number of hydrogen-bond donors (Lipinski definition) is 2. The summed E-state index contributed by atoms with van der Waals surface area (Å²) in [5, 5.41) is 12.2. The van der Waals surface area contributed by atoms with Crippen LogP contribution in [0, 0.1) is 12.8 Å². The van der Waals surface area contributed by atoms with Gasteiger partial charge in [0.05, 0.1) is 5.71 Å². The molecule has 0 bridgehead atoms. The van der Waals surface area contributed by atoms with Crippen molar-refractivity contribution in [1.82, 2.24) is 9.88 Å². The Bertz CT molecular complexity index is 592. The van der Waals surface area contributed by atoms with Crippen molar-refractivity contribution in [3.05, 3.63) is 33.7 Å². The summed E-state index contributed by atoms with van der Waals surface area (Å²) in [6.45, 7) is 4.72. The van der Waals surface area contributed by atoms with E-state index in [1.165, 1.54) is 12.3 Å². The van der Waals surface area contributed by atoms with Crippen LogP contribution in [0.2, 0.25) is 0 Å². The Balaban J connectivity index is 2.20. The number of aryl methyl sites for hydroxylation is 1. The molecule has 6 nitrogen and oxygen atoms in total. The van der Waals surface area contributed by atoms with E-state index >= 15 is 0 Å². The number of amides is 1. The Kier molecular flexibility index (Phi) is 4.22. The lowest BCUT2D eigenvalue weighted by Gasteiger charge is -2.32. The van der Waals surface area contributed by atoms with Crippen molar-refractivity contribution in [2.24, 2.45) is 11.1 Å². The molecule has 108 valence electrons. The van der Waals surface area contributed by atoms with Crippen molar-refractivity contribution in [1.29, 1.82) is 0 Å². The van der Waals surface area contributed by atoms with E-state index in [1.54, 1.807) is 11.8 Å². The molecule has 2 N–H and O–H groups in total. The molecule has 1 aliphatic rings. The summed E-state index contributed by atoms with van der Waals surface area (Å²) >= 11 is 0. The van der Waals surface area contributed by atoms with E-state index in [0.717, 1.165) is 17.8 Å². The van der Waals surface area contributed by atoms with Gasteiger partial charge in [-0.25, -0.2) is 0 Å². The lowest BCUT2D eigenvalue weighted by atomic mass is 9.93. The van der Waals surface area contributed by atoms with Crippen molar-refractivity contribution in [3.63, 3.8) is 0 Å². The Morgan fingerprint density at radius 2 is 2.35 bits per heavy atom. The minimum Gasteiger partial charge on any atom is -0.411 e. The first-order chi connectivity index (χ1) is 9.56. The Labute approximate surface area is 117 Å². The Hall–Kier alpha value is -2.11. The SMILES string of the molecule is CCC1CN(C(=O)c2c[nH]c(C)cc2=O)CCC1=NO. The number of hydrogen-bond acceptors (Lipinski definition) is 4. The van der Waals surface area contributed by atoms with E-state index in [1.807, 2.05) is 6.92 Å². The highest BCUT2D eigenvalue weighted by Crippen LogP contribution is 2.18. The van der Waals surface area contributed by atoms with Crippen LogP contribution in [0.25, 0.3) is 0 Å². The van der Waals surface area contributed by atoms with Crippen LogP contribution in [-0.2, 0) is 0 Å². The molecule has 1 saturated heterocycles. The van der Waals surface area contributed by atoms with Gasteiger partial charge in [0.1, 0.15) is 5.56 Å². The number of pyridine rings is 1. The third-order valence-corrected chi connectivity index (χ3v) is 3.75. The molecule has 1 unspecified atom stereocenters. The zero-order chi connectivity index (χ0) is 14.7. The zero-order valence-electron chi connectivity index (χ0n) is 11.7. The average molecular weight is 277 g/mol. The summed E-state index contributed by atoms with van der Waals surface area (Å²) < 4.78 is 0. The minimum atomic E-state index is -0.263. The second-order valence-corrected chi connectivity index (χ2v) is 5.09. The number of nitrogens with one attached hydrogen (secondary N) is 1. The number of likely N-dealkylation sites (tertiary alicyclic amines) is 1. The first-order valence-electron chi connectivity index (χ1n) is 6.76. The molecule has 0 saturated carbocycles. The van der Waals surface area contributed by atoms with Gasteiger partial charge in [-0.1, -0.05) is 12.1 Å². The van der Waals surface area contributed by atoms with E-state index in [-0.39, 0.29) is 22.8 Å². The van der Waals surface area contributed by atoms with Gasteiger partial charge in [0.15, 0.2) is 5.43 Å². The maximum Gasteiger partial charge on any atom is 0.259 e. The smallest absolute Gasteiger partial charge is 0.259 e. The van der Waals surface area contributed by atoms with Crippen LogP contribution in [-0.4, -0.2) is 39.8 Å². The third-order valence-electron chi connectivity index (χ3n) is 3.75. The van der Waals surface area contributed by atoms with Crippen LogP contribution < -0.4 is 5.43 Å². The van der Waals surface area contributed by atoms with Gasteiger partial charge in [0.2, 0.25) is 0 Å². The molecule has 1 aromatic heterocycles. The summed E-state index contributed by atoms with van der Waals surface area (Å²) in [6.07, 6.45) is 2.81. The first kappa shape index (κ1) is 14.3. The van der Waals surface area contributed by atoms with Gasteiger partial charge in [-0.3, -0.25) is 9.59 Å². The number of piperidine rings is 1. The quantitative estimate of drug-likeness (QED) is 0.632. The van der Waals surface area contributed by atoms with Gasteiger partial charge in [0.25, 0.3) is 5.91 Å². The van der Waals surface area contributed by atoms with Crippen LogP contribution >= 0.6 is 0 Å². The van der Waals surface area contributed by atoms with Crippen molar-refractivity contribution in [3.8, 4) is 0 Å². The Morgan fingerprint density at radius 1 is 1.60 bits per heavy atom. The first-order valence-corrected chi connectivity index (χ1v) is 6.76. The summed E-state index contributed by atoms with van der Waals surface area (Å²) in [5.74, 6) is -0.205. The maximum absolute atomic E-state index is 12.4. The largest absolute Gasteiger partial charge is 0.411 e. The molecular formula is C14H19N3O3. The number of aromatic nitrogens is 1. The minimum absolute atomic E-state index is 0.0576. The van der Waals surface area contributed by atoms with Gasteiger partial charge < -0.3 is 15.1 Å². The molecular weight excluding hydrogens is 258 g/mol. The standard InChI is InChI=1S/C14H19N3O3/c1-3-10-8-17(5-4-12(10)16-20)14(19)11-7-15-9(2)6-13(11)18/h6-7,10,20H,3-5,8H2,1-2H3,(H,15,18). The molecule has 1 aliphatic heterocycles. The fourth-order valence-corrected chi connectivity index (χ4v) is 2.51. The number of carbonyl (C=O) groups excluding carboxylic acids is 1. The second-order valence-electron chi connectivity index (χ2n) is 5.09. The monoisotopic (exact) mass is 277 g/mol. The fraction of sp³-hybridized carbons (Fsp3) is 0.500. The summed E-state index contributed by atoms with van der Waals surface area (Å²) in [5.41, 5.74) is 1.36. The molecule has 1 atom stereocenters. The lowest BCUT2D eigenvalue weighted by Crippen LogP contribution is -2.45. The highest BCUT2D eigenvalue weighted by atomic mass is 16.4. The van der Waals surface area contributed by atoms with Gasteiger partial charge in [-0.05, 0) is 13.3 Å². The molecule has 1 amide bonds. The number of oxime groups is 1. The molecule has 0 aliphatic carbocycles. The third kappa shape index (κ3) is 2.74. The van der Waals surface area contributed by atoms with Crippen molar-refractivity contribution in [2.75, 3.05) is 13.1 Å². The zero-order valence-corrected chi connectivity index (χ0v) is 11.7. The summed E-state index contributed by atoms with van der Waals surface area (Å²) in [7, 11) is 0. The summed E-state index contributed by atoms with van der Waals surface area (Å²) in [4.78, 5) is 28.8. The topological polar surface area (TPSA) is 85.8 Å². The van der Waals surface area contributed by atoms with Crippen LogP contribution in [0.4, 0.5) is 0 Å².